The van der Waals surface area contributed by atoms with Crippen molar-refractivity contribution < 1.29 is 9.47 Å². The number of hydrogen-bond donors (Lipinski definition) is 0. The Morgan fingerprint density at radius 1 is 0.353 bits per heavy atom. The van der Waals surface area contributed by atoms with Crippen LogP contribution in [0.2, 0.25) is 0 Å². The standard InChI is InChI=1S/C32H38O2/c1(3-5-7-13-23-33-31-21-19-27-15-9-11-17-29(27)25-31)2-4-6-8-14-24-34-32-22-20-28-16-10-12-18-30(28)26-32/h9-12,15-22,25-26H,1-8,13-14,23-24H2. The quantitative estimate of drug-likeness (QED) is 0.167. The van der Waals surface area contributed by atoms with Crippen LogP contribution in [0.15, 0.2) is 84.9 Å². The van der Waals surface area contributed by atoms with Gasteiger partial charge in [-0.1, -0.05) is 112 Å². The molecule has 0 amide bonds. The molecule has 0 unspecified atom stereocenters. The Kier molecular flexibility index (Phi) is 9.69. The lowest BCUT2D eigenvalue weighted by Gasteiger charge is -2.08. The maximum Gasteiger partial charge on any atom is 0.119 e. The fraction of sp³-hybridized carbons (Fsp3) is 0.375. The summed E-state index contributed by atoms with van der Waals surface area (Å²) in [4.78, 5) is 0. The minimum Gasteiger partial charge on any atom is -0.494 e. The molecule has 0 aliphatic rings. The maximum absolute atomic E-state index is 5.94. The van der Waals surface area contributed by atoms with Gasteiger partial charge in [0.25, 0.3) is 0 Å². The molecule has 0 atom stereocenters. The van der Waals surface area contributed by atoms with Gasteiger partial charge in [0.2, 0.25) is 0 Å². The third-order valence-electron chi connectivity index (χ3n) is 6.52. The molecule has 0 fully saturated rings. The average Bonchev–Trinajstić information content (AvgIpc) is 2.88. The van der Waals surface area contributed by atoms with E-state index in [0.717, 1.165) is 37.6 Å². The highest BCUT2D eigenvalue weighted by molar-refractivity contribution is 5.84. The van der Waals surface area contributed by atoms with E-state index in [4.69, 9.17) is 9.47 Å². The Hall–Kier alpha value is -3.00. The highest BCUT2D eigenvalue weighted by atomic mass is 16.5. The Morgan fingerprint density at radius 2 is 0.706 bits per heavy atom. The molecule has 4 aromatic rings. The number of ether oxygens (including phenoxy) is 2. The van der Waals surface area contributed by atoms with E-state index in [1.54, 1.807) is 0 Å². The molecule has 0 spiro atoms. The van der Waals surface area contributed by atoms with Gasteiger partial charge in [-0.25, -0.2) is 0 Å². The van der Waals surface area contributed by atoms with Crippen LogP contribution in [0, 0.1) is 0 Å². The first kappa shape index (κ1) is 24.1. The summed E-state index contributed by atoms with van der Waals surface area (Å²) in [5.41, 5.74) is 0. The number of benzene rings is 4. The second-order valence-corrected chi connectivity index (χ2v) is 9.25. The maximum atomic E-state index is 5.94. The van der Waals surface area contributed by atoms with Crippen LogP contribution in [0.25, 0.3) is 21.5 Å². The van der Waals surface area contributed by atoms with Crippen LogP contribution in [0.5, 0.6) is 11.5 Å². The molecule has 0 radical (unpaired) electrons. The normalized spacial score (nSPS) is 11.2. The van der Waals surface area contributed by atoms with E-state index in [1.165, 1.54) is 72.9 Å². The van der Waals surface area contributed by atoms with Crippen LogP contribution in [0.4, 0.5) is 0 Å². The molecule has 2 heteroatoms. The van der Waals surface area contributed by atoms with Crippen molar-refractivity contribution in [1.82, 2.24) is 0 Å². The molecule has 0 saturated carbocycles. The van der Waals surface area contributed by atoms with Crippen LogP contribution in [0.1, 0.15) is 64.2 Å². The summed E-state index contributed by atoms with van der Waals surface area (Å²) in [6.07, 6.45) is 12.9. The Labute approximate surface area is 204 Å². The number of rotatable bonds is 15. The van der Waals surface area contributed by atoms with E-state index < -0.39 is 0 Å². The minimum atomic E-state index is 0.819. The zero-order valence-corrected chi connectivity index (χ0v) is 20.4. The lowest BCUT2D eigenvalue weighted by atomic mass is 10.1. The summed E-state index contributed by atoms with van der Waals surface area (Å²) in [6, 6.07) is 29.6. The Bertz CT molecular complexity index is 1040. The Morgan fingerprint density at radius 3 is 1.12 bits per heavy atom. The van der Waals surface area contributed by atoms with Crippen molar-refractivity contribution in [2.24, 2.45) is 0 Å². The van der Waals surface area contributed by atoms with E-state index in [9.17, 15) is 0 Å². The van der Waals surface area contributed by atoms with Crippen molar-refractivity contribution in [3.63, 3.8) is 0 Å². The molecule has 0 bridgehead atoms. The first-order valence-corrected chi connectivity index (χ1v) is 13.1. The van der Waals surface area contributed by atoms with Gasteiger partial charge >= 0.3 is 0 Å². The zero-order valence-electron chi connectivity index (χ0n) is 20.4. The van der Waals surface area contributed by atoms with Gasteiger partial charge in [-0.15, -0.1) is 0 Å². The second-order valence-electron chi connectivity index (χ2n) is 9.25. The fourth-order valence-electron chi connectivity index (χ4n) is 4.51. The third kappa shape index (κ3) is 7.80. The van der Waals surface area contributed by atoms with E-state index in [2.05, 4.69) is 84.9 Å². The molecule has 0 saturated heterocycles. The van der Waals surface area contributed by atoms with Crippen LogP contribution in [0.3, 0.4) is 0 Å². The van der Waals surface area contributed by atoms with Gasteiger partial charge in [-0.05, 0) is 58.7 Å². The molecule has 0 N–H and O–H groups in total. The molecular weight excluding hydrogens is 416 g/mol. The van der Waals surface area contributed by atoms with Crippen LogP contribution in [-0.4, -0.2) is 13.2 Å². The molecule has 4 rings (SSSR count). The molecule has 0 heterocycles. The van der Waals surface area contributed by atoms with Crippen LogP contribution < -0.4 is 9.47 Å². The van der Waals surface area contributed by atoms with Gasteiger partial charge in [-0.2, -0.15) is 0 Å². The summed E-state index contributed by atoms with van der Waals surface area (Å²) in [5, 5.41) is 5.03. The van der Waals surface area contributed by atoms with Crippen molar-refractivity contribution in [3.8, 4) is 11.5 Å². The van der Waals surface area contributed by atoms with Gasteiger partial charge in [0, 0.05) is 0 Å². The van der Waals surface area contributed by atoms with Crippen molar-refractivity contribution in [2.45, 2.75) is 64.2 Å². The molecule has 0 aliphatic heterocycles. The van der Waals surface area contributed by atoms with Crippen molar-refractivity contribution in [2.75, 3.05) is 13.2 Å². The predicted octanol–water partition coefficient (Wildman–Crippen LogP) is 9.35. The third-order valence-corrected chi connectivity index (χ3v) is 6.52. The second kappa shape index (κ2) is 13.6. The summed E-state index contributed by atoms with van der Waals surface area (Å²) >= 11 is 0. The largest absolute Gasteiger partial charge is 0.494 e. The summed E-state index contributed by atoms with van der Waals surface area (Å²) in [7, 11) is 0. The molecular formula is C32H38O2. The predicted molar refractivity (Wildman–Crippen MR) is 145 cm³/mol. The van der Waals surface area contributed by atoms with Crippen LogP contribution in [-0.2, 0) is 0 Å². The smallest absolute Gasteiger partial charge is 0.119 e. The van der Waals surface area contributed by atoms with E-state index in [0.29, 0.717) is 0 Å². The summed E-state index contributed by atoms with van der Waals surface area (Å²) in [6.45, 7) is 1.64. The minimum absolute atomic E-state index is 0.819. The van der Waals surface area contributed by atoms with E-state index in [1.807, 2.05) is 0 Å². The van der Waals surface area contributed by atoms with Gasteiger partial charge in [0.05, 0.1) is 13.2 Å². The Balaban J connectivity index is 0.946. The van der Waals surface area contributed by atoms with E-state index >= 15 is 0 Å². The molecule has 0 aliphatic carbocycles. The highest BCUT2D eigenvalue weighted by Crippen LogP contribution is 2.22. The summed E-state index contributed by atoms with van der Waals surface area (Å²) in [5.74, 6) is 1.97. The first-order valence-electron chi connectivity index (χ1n) is 13.1. The van der Waals surface area contributed by atoms with Gasteiger partial charge in [0.1, 0.15) is 11.5 Å². The van der Waals surface area contributed by atoms with E-state index in [-0.39, 0.29) is 0 Å². The van der Waals surface area contributed by atoms with Crippen molar-refractivity contribution in [3.05, 3.63) is 84.9 Å². The van der Waals surface area contributed by atoms with Crippen LogP contribution >= 0.6 is 0 Å². The lowest BCUT2D eigenvalue weighted by Crippen LogP contribution is -1.97. The molecule has 2 nitrogen and oxygen atoms in total. The number of unbranched alkanes of at least 4 members (excludes halogenated alkanes) is 9. The lowest BCUT2D eigenvalue weighted by molar-refractivity contribution is 0.303. The van der Waals surface area contributed by atoms with Gasteiger partial charge < -0.3 is 9.47 Å². The molecule has 0 aromatic heterocycles. The number of hydrogen-bond acceptors (Lipinski definition) is 2. The fourth-order valence-corrected chi connectivity index (χ4v) is 4.51. The topological polar surface area (TPSA) is 18.5 Å². The average molecular weight is 455 g/mol. The molecule has 178 valence electrons. The highest BCUT2D eigenvalue weighted by Gasteiger charge is 1.99. The van der Waals surface area contributed by atoms with Crippen molar-refractivity contribution in [1.29, 1.82) is 0 Å². The van der Waals surface area contributed by atoms with Gasteiger partial charge in [-0.3, -0.25) is 0 Å². The molecule has 4 aromatic carbocycles. The number of fused-ring (bicyclic) bond motifs is 2. The molecule has 34 heavy (non-hydrogen) atoms. The van der Waals surface area contributed by atoms with Crippen molar-refractivity contribution >= 4 is 21.5 Å². The zero-order chi connectivity index (χ0) is 23.3. The SMILES string of the molecule is c1ccc2cc(OCCCCCCCCCCCCOc3ccc4ccccc4c3)ccc2c1. The first-order chi connectivity index (χ1) is 16.9. The van der Waals surface area contributed by atoms with Gasteiger partial charge in [0.15, 0.2) is 0 Å². The summed E-state index contributed by atoms with van der Waals surface area (Å²) < 4.78 is 11.9. The monoisotopic (exact) mass is 454 g/mol.